The first-order chi connectivity index (χ1) is 11.4. The van der Waals surface area contributed by atoms with Crippen LogP contribution in [0.3, 0.4) is 0 Å². The van der Waals surface area contributed by atoms with Crippen LogP contribution in [0.1, 0.15) is 33.6 Å². The molecule has 6 heteroatoms. The zero-order valence-corrected chi connectivity index (χ0v) is 15.5. The van der Waals surface area contributed by atoms with Crippen LogP contribution in [0.5, 0.6) is 0 Å². The molecule has 0 radical (unpaired) electrons. The summed E-state index contributed by atoms with van der Waals surface area (Å²) in [7, 11) is 0. The first-order valence-corrected chi connectivity index (χ1v) is 9.30. The highest BCUT2D eigenvalue weighted by Gasteiger charge is 2.68. The normalized spacial score (nSPS) is 34.6. The third kappa shape index (κ3) is 3.13. The molecule has 24 heavy (non-hydrogen) atoms. The molecule has 2 saturated carbocycles. The molecule has 0 aliphatic heterocycles. The first kappa shape index (κ1) is 20.1. The van der Waals surface area contributed by atoms with Gasteiger partial charge in [0.1, 0.15) is 0 Å². The molecule has 0 heterocycles. The topological polar surface area (TPSA) is 87.4 Å². The van der Waals surface area contributed by atoms with Crippen LogP contribution in [0, 0.1) is 16.7 Å². The van der Waals surface area contributed by atoms with Gasteiger partial charge in [0.15, 0.2) is 0 Å². The second-order valence-corrected chi connectivity index (χ2v) is 8.19. The fourth-order valence-electron chi connectivity index (χ4n) is 5.67. The largest absolute Gasteiger partial charge is 0.395 e. The van der Waals surface area contributed by atoms with Crippen molar-refractivity contribution in [2.45, 2.75) is 45.7 Å². The van der Waals surface area contributed by atoms with Crippen LogP contribution in [0.2, 0.25) is 0 Å². The molecular formula is C18H36N2O4. The van der Waals surface area contributed by atoms with Gasteiger partial charge < -0.3 is 20.4 Å². The standard InChI is InChI=1S/C18H36N2O4/c1-17(2)14-4-5-18(17,3)16(20(8-12-23)9-13-24)15(14)19(6-10-21)7-11-22/h14-16,21-24H,4-13H2,1-3H3/t14-,15-,16+,18-/m0/s1. The number of aliphatic hydroxyl groups excluding tert-OH is 4. The second-order valence-electron chi connectivity index (χ2n) is 8.19. The first-order valence-electron chi connectivity index (χ1n) is 9.30. The van der Waals surface area contributed by atoms with Gasteiger partial charge in [0.2, 0.25) is 0 Å². The van der Waals surface area contributed by atoms with Crippen molar-refractivity contribution in [2.24, 2.45) is 16.7 Å². The molecule has 2 fully saturated rings. The zero-order valence-electron chi connectivity index (χ0n) is 15.5. The molecule has 2 aliphatic rings. The van der Waals surface area contributed by atoms with Crippen molar-refractivity contribution < 1.29 is 20.4 Å². The summed E-state index contributed by atoms with van der Waals surface area (Å²) in [6.45, 7) is 9.52. The highest BCUT2D eigenvalue weighted by molar-refractivity contribution is 5.20. The highest BCUT2D eigenvalue weighted by atomic mass is 16.3. The quantitative estimate of drug-likeness (QED) is 0.437. The summed E-state index contributed by atoms with van der Waals surface area (Å²) in [5.74, 6) is 0.491. The molecule has 0 aromatic heterocycles. The predicted octanol–water partition coefficient (Wildman–Crippen LogP) is -0.247. The molecular weight excluding hydrogens is 308 g/mol. The van der Waals surface area contributed by atoms with Gasteiger partial charge in [-0.2, -0.15) is 0 Å². The van der Waals surface area contributed by atoms with Gasteiger partial charge in [-0.1, -0.05) is 20.8 Å². The van der Waals surface area contributed by atoms with Gasteiger partial charge in [-0.05, 0) is 29.6 Å². The number of hydrogen-bond acceptors (Lipinski definition) is 6. The van der Waals surface area contributed by atoms with Crippen molar-refractivity contribution in [1.29, 1.82) is 0 Å². The smallest absolute Gasteiger partial charge is 0.0558 e. The zero-order chi connectivity index (χ0) is 18.0. The van der Waals surface area contributed by atoms with E-state index in [1.54, 1.807) is 0 Å². The van der Waals surface area contributed by atoms with Crippen molar-refractivity contribution in [3.8, 4) is 0 Å². The Kier molecular flexibility index (Phi) is 6.67. The van der Waals surface area contributed by atoms with E-state index in [1.165, 1.54) is 0 Å². The number of aliphatic hydroxyl groups is 4. The van der Waals surface area contributed by atoms with Crippen LogP contribution >= 0.6 is 0 Å². The molecule has 2 rings (SSSR count). The Labute approximate surface area is 146 Å². The Bertz CT molecular complexity index is 394. The van der Waals surface area contributed by atoms with Gasteiger partial charge in [-0.25, -0.2) is 0 Å². The Morgan fingerprint density at radius 1 is 0.792 bits per heavy atom. The summed E-state index contributed by atoms with van der Waals surface area (Å²) < 4.78 is 0. The van der Waals surface area contributed by atoms with Crippen molar-refractivity contribution in [3.05, 3.63) is 0 Å². The molecule has 4 atom stereocenters. The van der Waals surface area contributed by atoms with Crippen LogP contribution in [-0.2, 0) is 0 Å². The van der Waals surface area contributed by atoms with E-state index in [9.17, 15) is 20.4 Å². The van der Waals surface area contributed by atoms with E-state index in [1.807, 2.05) is 0 Å². The SMILES string of the molecule is CC1(C)[C@H]2CC[C@@]1(C)[C@H](N(CCO)CCO)[C@H]2N(CCO)CCO. The minimum absolute atomic E-state index is 0.0738. The van der Waals surface area contributed by atoms with E-state index in [-0.39, 0.29) is 49.3 Å². The van der Waals surface area contributed by atoms with E-state index in [0.29, 0.717) is 32.1 Å². The van der Waals surface area contributed by atoms with Crippen LogP contribution in [0.15, 0.2) is 0 Å². The third-order valence-corrected chi connectivity index (χ3v) is 7.13. The number of fused-ring (bicyclic) bond motifs is 2. The summed E-state index contributed by atoms with van der Waals surface area (Å²) in [4.78, 5) is 4.45. The number of hydrogen-bond donors (Lipinski definition) is 4. The minimum Gasteiger partial charge on any atom is -0.395 e. The fourth-order valence-corrected chi connectivity index (χ4v) is 5.67. The maximum absolute atomic E-state index is 9.52. The van der Waals surface area contributed by atoms with Gasteiger partial charge in [-0.3, -0.25) is 9.80 Å². The van der Waals surface area contributed by atoms with E-state index in [2.05, 4.69) is 30.6 Å². The third-order valence-electron chi connectivity index (χ3n) is 7.13. The number of rotatable bonds is 10. The van der Waals surface area contributed by atoms with Crippen LogP contribution < -0.4 is 0 Å². The molecule has 142 valence electrons. The van der Waals surface area contributed by atoms with Gasteiger partial charge in [0.05, 0.1) is 26.4 Å². The predicted molar refractivity (Wildman–Crippen MR) is 93.7 cm³/mol. The summed E-state index contributed by atoms with van der Waals surface area (Å²) >= 11 is 0. The lowest BCUT2D eigenvalue weighted by Crippen LogP contribution is -2.59. The summed E-state index contributed by atoms with van der Waals surface area (Å²) in [5, 5.41) is 38.1. The van der Waals surface area contributed by atoms with Crippen molar-refractivity contribution in [1.82, 2.24) is 9.80 Å². The molecule has 0 unspecified atom stereocenters. The minimum atomic E-state index is 0.0738. The van der Waals surface area contributed by atoms with E-state index >= 15 is 0 Å². The monoisotopic (exact) mass is 344 g/mol. The Morgan fingerprint density at radius 3 is 1.71 bits per heavy atom. The molecule has 0 aromatic rings. The van der Waals surface area contributed by atoms with Crippen LogP contribution in [-0.4, -0.2) is 94.9 Å². The Balaban J connectivity index is 2.40. The Morgan fingerprint density at radius 2 is 1.25 bits per heavy atom. The average molecular weight is 344 g/mol. The van der Waals surface area contributed by atoms with E-state index in [4.69, 9.17) is 0 Å². The average Bonchev–Trinajstić information content (AvgIpc) is 2.85. The lowest BCUT2D eigenvalue weighted by molar-refractivity contribution is -0.0179. The summed E-state index contributed by atoms with van der Waals surface area (Å²) in [6.07, 6.45) is 2.30. The van der Waals surface area contributed by atoms with E-state index < -0.39 is 0 Å². The summed E-state index contributed by atoms with van der Waals surface area (Å²) in [6, 6.07) is 0.444. The van der Waals surface area contributed by atoms with Gasteiger partial charge in [0.25, 0.3) is 0 Å². The van der Waals surface area contributed by atoms with Crippen LogP contribution in [0.25, 0.3) is 0 Å². The second kappa shape index (κ2) is 7.98. The molecule has 4 N–H and O–H groups in total. The molecule has 0 aromatic carbocycles. The molecule has 0 spiro atoms. The van der Waals surface area contributed by atoms with Gasteiger partial charge >= 0.3 is 0 Å². The molecule has 6 nitrogen and oxygen atoms in total. The van der Waals surface area contributed by atoms with Crippen molar-refractivity contribution in [3.63, 3.8) is 0 Å². The molecule has 0 saturated heterocycles. The van der Waals surface area contributed by atoms with Crippen molar-refractivity contribution >= 4 is 0 Å². The molecule has 0 amide bonds. The molecule has 2 aliphatic carbocycles. The highest BCUT2D eigenvalue weighted by Crippen LogP contribution is 2.67. The number of nitrogens with zero attached hydrogens (tertiary/aromatic N) is 2. The lowest BCUT2D eigenvalue weighted by atomic mass is 9.68. The maximum Gasteiger partial charge on any atom is 0.0558 e. The fraction of sp³-hybridized carbons (Fsp3) is 1.00. The van der Waals surface area contributed by atoms with E-state index in [0.717, 1.165) is 12.8 Å². The van der Waals surface area contributed by atoms with Crippen molar-refractivity contribution in [2.75, 3.05) is 52.6 Å². The molecule has 2 bridgehead atoms. The van der Waals surface area contributed by atoms with Gasteiger partial charge in [-0.15, -0.1) is 0 Å². The summed E-state index contributed by atoms with van der Waals surface area (Å²) in [5.41, 5.74) is 0.241. The Hall–Kier alpha value is -0.240. The van der Waals surface area contributed by atoms with Gasteiger partial charge in [0, 0.05) is 38.3 Å². The maximum atomic E-state index is 9.52. The lowest BCUT2D eigenvalue weighted by Gasteiger charge is -2.48. The van der Waals surface area contributed by atoms with Crippen LogP contribution in [0.4, 0.5) is 0 Å².